The molecule has 4 rings (SSSR count). The van der Waals surface area contributed by atoms with Gasteiger partial charge in [0.05, 0.1) is 29.2 Å². The minimum Gasteiger partial charge on any atom is -0.493 e. The zero-order valence-corrected chi connectivity index (χ0v) is 25.7. The molecule has 0 aliphatic carbocycles. The standard InChI is InChI=1S/C29H41N5O7S/c1-5-9-21-20-33(7-3)26-25(21)30-27(31-28(26)35)23-19-22(10-11-24(23)40-17-6-2)42(37,38)34-14-12-32(13-15-34)16-18-41-29(36)39-8-4/h10-11,19-20H,5-9,12-18H2,1-4H3,(H,30,31,35). The van der Waals surface area contributed by atoms with Gasteiger partial charge in [0.15, 0.2) is 0 Å². The highest BCUT2D eigenvalue weighted by Crippen LogP contribution is 2.33. The third-order valence-corrected chi connectivity index (χ3v) is 9.08. The Labute approximate surface area is 246 Å². The Kier molecular flexibility index (Phi) is 10.6. The SMILES string of the molecule is CCCOc1ccc(S(=O)(=O)N2CCN(CCOC(=O)OCC)CC2)cc1-c1nc2c(CCC)cn(CC)c2c(=O)[nH]1. The second-order valence-corrected chi connectivity index (χ2v) is 12.0. The first-order chi connectivity index (χ1) is 20.2. The molecule has 0 radical (unpaired) electrons. The molecule has 42 heavy (non-hydrogen) atoms. The molecular formula is C29H41N5O7S. The molecule has 1 aliphatic rings. The number of hydrogen-bond donors (Lipinski definition) is 1. The highest BCUT2D eigenvalue weighted by molar-refractivity contribution is 7.89. The molecule has 230 valence electrons. The lowest BCUT2D eigenvalue weighted by Crippen LogP contribution is -2.49. The van der Waals surface area contributed by atoms with Crippen LogP contribution in [-0.4, -0.2) is 90.9 Å². The van der Waals surface area contributed by atoms with Gasteiger partial charge in [0.2, 0.25) is 10.0 Å². The van der Waals surface area contributed by atoms with E-state index in [2.05, 4.69) is 11.9 Å². The van der Waals surface area contributed by atoms with E-state index in [-0.39, 0.29) is 42.6 Å². The van der Waals surface area contributed by atoms with Crippen LogP contribution in [-0.2, 0) is 32.5 Å². The number of hydrogen-bond acceptors (Lipinski definition) is 9. The van der Waals surface area contributed by atoms with E-state index in [4.69, 9.17) is 19.2 Å². The molecule has 3 heterocycles. The van der Waals surface area contributed by atoms with E-state index in [1.165, 1.54) is 10.4 Å². The molecule has 3 aromatic rings. The lowest BCUT2D eigenvalue weighted by Gasteiger charge is -2.33. The van der Waals surface area contributed by atoms with Gasteiger partial charge in [0.25, 0.3) is 5.56 Å². The number of rotatable bonds is 13. The monoisotopic (exact) mass is 603 g/mol. The normalized spacial score (nSPS) is 14.8. The zero-order chi connectivity index (χ0) is 30.3. The summed E-state index contributed by atoms with van der Waals surface area (Å²) in [6.45, 7) is 11.3. The van der Waals surface area contributed by atoms with E-state index in [0.29, 0.717) is 55.1 Å². The summed E-state index contributed by atoms with van der Waals surface area (Å²) in [6.07, 6.45) is 3.70. The summed E-state index contributed by atoms with van der Waals surface area (Å²) in [7, 11) is -3.84. The first-order valence-corrected chi connectivity index (χ1v) is 16.1. The van der Waals surface area contributed by atoms with Crippen LogP contribution in [0, 0.1) is 0 Å². The Morgan fingerprint density at radius 3 is 2.45 bits per heavy atom. The smallest absolute Gasteiger partial charge is 0.493 e. The maximum absolute atomic E-state index is 13.7. The van der Waals surface area contributed by atoms with Gasteiger partial charge < -0.3 is 23.8 Å². The minimum atomic E-state index is -3.84. The third-order valence-electron chi connectivity index (χ3n) is 7.18. The maximum Gasteiger partial charge on any atom is 0.508 e. The average Bonchev–Trinajstić information content (AvgIpc) is 3.34. The summed E-state index contributed by atoms with van der Waals surface area (Å²) < 4.78 is 46.5. The predicted octanol–water partition coefficient (Wildman–Crippen LogP) is 3.63. The molecule has 1 aliphatic heterocycles. The van der Waals surface area contributed by atoms with E-state index in [1.807, 2.05) is 29.5 Å². The number of H-pyrrole nitrogens is 1. The van der Waals surface area contributed by atoms with Crippen molar-refractivity contribution in [1.29, 1.82) is 0 Å². The second kappa shape index (κ2) is 14.2. The summed E-state index contributed by atoms with van der Waals surface area (Å²) in [4.78, 5) is 34.5. The molecule has 0 spiro atoms. The number of fused-ring (bicyclic) bond motifs is 1. The van der Waals surface area contributed by atoms with Crippen molar-refractivity contribution in [2.24, 2.45) is 0 Å². The van der Waals surface area contributed by atoms with Crippen LogP contribution in [0.3, 0.4) is 0 Å². The highest BCUT2D eigenvalue weighted by Gasteiger charge is 2.30. The Bertz CT molecular complexity index is 1540. The number of aryl methyl sites for hydroxylation is 2. The molecule has 12 nitrogen and oxygen atoms in total. The van der Waals surface area contributed by atoms with Crippen molar-refractivity contribution >= 4 is 27.2 Å². The van der Waals surface area contributed by atoms with E-state index < -0.39 is 16.2 Å². The van der Waals surface area contributed by atoms with Crippen LogP contribution in [0.1, 0.15) is 46.1 Å². The van der Waals surface area contributed by atoms with Crippen molar-refractivity contribution < 1.29 is 27.4 Å². The van der Waals surface area contributed by atoms with Gasteiger partial charge >= 0.3 is 6.16 Å². The van der Waals surface area contributed by atoms with E-state index in [1.54, 1.807) is 19.1 Å². The number of benzene rings is 1. The lowest BCUT2D eigenvalue weighted by molar-refractivity contribution is 0.0484. The van der Waals surface area contributed by atoms with E-state index in [9.17, 15) is 18.0 Å². The number of piperazine rings is 1. The number of nitrogens with one attached hydrogen (secondary N) is 1. The van der Waals surface area contributed by atoms with Gasteiger partial charge in [-0.05, 0) is 50.5 Å². The molecule has 13 heteroatoms. The van der Waals surface area contributed by atoms with Crippen LogP contribution in [0.5, 0.6) is 5.75 Å². The van der Waals surface area contributed by atoms with Crippen LogP contribution in [0.25, 0.3) is 22.4 Å². The average molecular weight is 604 g/mol. The fourth-order valence-corrected chi connectivity index (χ4v) is 6.50. The van der Waals surface area contributed by atoms with Crippen LogP contribution in [0.2, 0.25) is 0 Å². The summed E-state index contributed by atoms with van der Waals surface area (Å²) in [5, 5.41) is 0. The molecule has 0 atom stereocenters. The summed E-state index contributed by atoms with van der Waals surface area (Å²) in [5.41, 5.74) is 2.25. The quantitative estimate of drug-likeness (QED) is 0.291. The molecule has 0 saturated carbocycles. The Morgan fingerprint density at radius 2 is 1.79 bits per heavy atom. The molecular weight excluding hydrogens is 562 g/mol. The predicted molar refractivity (Wildman–Crippen MR) is 159 cm³/mol. The Hall–Kier alpha value is -3.42. The number of aromatic nitrogens is 3. The molecule has 2 aromatic heterocycles. The molecule has 0 unspecified atom stereocenters. The van der Waals surface area contributed by atoms with Crippen molar-refractivity contribution in [1.82, 2.24) is 23.7 Å². The zero-order valence-electron chi connectivity index (χ0n) is 24.8. The first kappa shape index (κ1) is 31.5. The largest absolute Gasteiger partial charge is 0.508 e. The maximum atomic E-state index is 13.7. The van der Waals surface area contributed by atoms with Crippen molar-refractivity contribution in [3.8, 4) is 17.1 Å². The van der Waals surface area contributed by atoms with Gasteiger partial charge in [-0.3, -0.25) is 9.69 Å². The number of ether oxygens (including phenoxy) is 3. The Balaban J connectivity index is 1.61. The molecule has 1 fully saturated rings. The Morgan fingerprint density at radius 1 is 1.02 bits per heavy atom. The van der Waals surface area contributed by atoms with Crippen LogP contribution >= 0.6 is 0 Å². The molecule has 1 saturated heterocycles. The topological polar surface area (TPSA) is 136 Å². The van der Waals surface area contributed by atoms with Gasteiger partial charge in [-0.2, -0.15) is 4.31 Å². The van der Waals surface area contributed by atoms with Crippen LogP contribution < -0.4 is 10.3 Å². The van der Waals surface area contributed by atoms with Gasteiger partial charge in [0.1, 0.15) is 23.7 Å². The summed E-state index contributed by atoms with van der Waals surface area (Å²) in [5.74, 6) is 0.727. The summed E-state index contributed by atoms with van der Waals surface area (Å²) in [6, 6.07) is 4.71. The van der Waals surface area contributed by atoms with E-state index in [0.717, 1.165) is 24.8 Å². The minimum absolute atomic E-state index is 0.100. The summed E-state index contributed by atoms with van der Waals surface area (Å²) >= 11 is 0. The van der Waals surface area contributed by atoms with Crippen molar-refractivity contribution in [2.75, 3.05) is 52.5 Å². The number of carbonyl (C=O) groups is 1. The number of nitrogens with zero attached hydrogens (tertiary/aromatic N) is 4. The van der Waals surface area contributed by atoms with Gasteiger partial charge in [-0.25, -0.2) is 18.2 Å². The number of sulfonamides is 1. The second-order valence-electron chi connectivity index (χ2n) is 10.1. The first-order valence-electron chi connectivity index (χ1n) is 14.6. The molecule has 0 amide bonds. The highest BCUT2D eigenvalue weighted by atomic mass is 32.2. The lowest BCUT2D eigenvalue weighted by atomic mass is 10.1. The fourth-order valence-electron chi connectivity index (χ4n) is 5.05. The fraction of sp³-hybridized carbons (Fsp3) is 0.552. The van der Waals surface area contributed by atoms with Crippen LogP contribution in [0.4, 0.5) is 4.79 Å². The molecule has 1 N–H and O–H groups in total. The van der Waals surface area contributed by atoms with Gasteiger partial charge in [-0.15, -0.1) is 0 Å². The molecule has 0 bridgehead atoms. The number of carbonyl (C=O) groups excluding carboxylic acids is 1. The van der Waals surface area contributed by atoms with Crippen LogP contribution in [0.15, 0.2) is 34.1 Å². The van der Waals surface area contributed by atoms with E-state index >= 15 is 0 Å². The third kappa shape index (κ3) is 6.96. The van der Waals surface area contributed by atoms with Gasteiger partial charge in [0, 0.05) is 45.5 Å². The van der Waals surface area contributed by atoms with Gasteiger partial charge in [-0.1, -0.05) is 20.3 Å². The van der Waals surface area contributed by atoms with Crippen molar-refractivity contribution in [3.63, 3.8) is 0 Å². The van der Waals surface area contributed by atoms with Crippen molar-refractivity contribution in [2.45, 2.75) is 58.4 Å². The van der Waals surface area contributed by atoms with Crippen molar-refractivity contribution in [3.05, 3.63) is 40.3 Å². The molecule has 1 aromatic carbocycles. The number of aromatic amines is 1.